The lowest BCUT2D eigenvalue weighted by Gasteiger charge is -2.37. The fourth-order valence-corrected chi connectivity index (χ4v) is 4.62. The number of thiophene rings is 1. The number of rotatable bonds is 4. The molecule has 0 spiro atoms. The molecule has 3 aromatic rings. The van der Waals surface area contributed by atoms with E-state index in [1.54, 1.807) is 12.1 Å². The first-order chi connectivity index (χ1) is 13.7. The van der Waals surface area contributed by atoms with Crippen molar-refractivity contribution in [3.63, 3.8) is 0 Å². The molecule has 2 heterocycles. The molecule has 1 aliphatic heterocycles. The van der Waals surface area contributed by atoms with Gasteiger partial charge in [0.15, 0.2) is 5.75 Å². The van der Waals surface area contributed by atoms with E-state index >= 15 is 0 Å². The summed E-state index contributed by atoms with van der Waals surface area (Å²) in [4.78, 5) is 18.3. The molecule has 0 N–H and O–H groups in total. The number of halogens is 1. The Morgan fingerprint density at radius 2 is 1.86 bits per heavy atom. The highest BCUT2D eigenvalue weighted by Crippen LogP contribution is 2.41. The monoisotopic (exact) mass is 410 g/mol. The number of carbonyl (C=O) groups excluding carboxylic acids is 1. The Labute approximate surface area is 172 Å². The number of para-hydroxylation sites is 2. The maximum absolute atomic E-state index is 13.4. The van der Waals surface area contributed by atoms with E-state index in [1.807, 2.05) is 46.7 Å². The smallest absolute Gasteiger partial charge is 0.272 e. The van der Waals surface area contributed by atoms with Crippen LogP contribution in [0, 0.1) is 0 Å². The predicted molar refractivity (Wildman–Crippen MR) is 114 cm³/mol. The minimum Gasteiger partial charge on any atom is -0.456 e. The van der Waals surface area contributed by atoms with Crippen molar-refractivity contribution in [2.75, 3.05) is 22.9 Å². The molecular formula is C22H19ClN2O2S. The molecule has 4 nitrogen and oxygen atoms in total. The molecule has 1 aliphatic carbocycles. The Morgan fingerprint density at radius 1 is 1.04 bits per heavy atom. The third-order valence-electron chi connectivity index (χ3n) is 5.13. The molecule has 5 rings (SSSR count). The van der Waals surface area contributed by atoms with Gasteiger partial charge in [0, 0.05) is 24.2 Å². The van der Waals surface area contributed by atoms with Gasteiger partial charge in [0.05, 0.1) is 11.4 Å². The average molecular weight is 411 g/mol. The molecule has 0 unspecified atom stereocenters. The molecule has 1 amide bonds. The zero-order valence-corrected chi connectivity index (χ0v) is 16.7. The van der Waals surface area contributed by atoms with Gasteiger partial charge in [0.1, 0.15) is 10.6 Å². The van der Waals surface area contributed by atoms with Gasteiger partial charge in [-0.05, 0) is 54.6 Å². The van der Waals surface area contributed by atoms with Gasteiger partial charge in [-0.25, -0.2) is 0 Å². The fraction of sp³-hybridized carbons (Fsp3) is 0.227. The predicted octanol–water partition coefficient (Wildman–Crippen LogP) is 5.82. The first kappa shape index (κ1) is 17.6. The number of ether oxygens (including phenoxy) is 1. The molecule has 2 aliphatic rings. The third kappa shape index (κ3) is 3.25. The summed E-state index contributed by atoms with van der Waals surface area (Å²) in [6, 6.07) is 17.9. The maximum atomic E-state index is 13.4. The molecule has 1 saturated carbocycles. The molecule has 0 atom stereocenters. The normalized spacial score (nSPS) is 16.0. The molecule has 6 heteroatoms. The zero-order valence-electron chi connectivity index (χ0n) is 15.2. The molecule has 2 aromatic carbocycles. The van der Waals surface area contributed by atoms with Gasteiger partial charge in [-0.2, -0.15) is 0 Å². The van der Waals surface area contributed by atoms with Crippen LogP contribution in [0.5, 0.6) is 11.5 Å². The van der Waals surface area contributed by atoms with E-state index in [0.29, 0.717) is 34.0 Å². The number of fused-ring (bicyclic) bond motifs is 1. The van der Waals surface area contributed by atoms with Crippen molar-refractivity contribution in [1.29, 1.82) is 0 Å². The minimum atomic E-state index is -0.0186. The van der Waals surface area contributed by atoms with Gasteiger partial charge in [0.25, 0.3) is 5.91 Å². The first-order valence-corrected chi connectivity index (χ1v) is 10.6. The molecular weight excluding hydrogens is 392 g/mol. The average Bonchev–Trinajstić information content (AvgIpc) is 3.45. The van der Waals surface area contributed by atoms with Crippen LogP contribution in [0.3, 0.4) is 0 Å². The van der Waals surface area contributed by atoms with Crippen molar-refractivity contribution in [3.05, 3.63) is 69.9 Å². The number of amides is 1. The Kier molecular flexibility index (Phi) is 4.49. The number of benzene rings is 2. The van der Waals surface area contributed by atoms with Crippen molar-refractivity contribution >= 4 is 40.2 Å². The van der Waals surface area contributed by atoms with Gasteiger partial charge in [-0.1, -0.05) is 29.8 Å². The van der Waals surface area contributed by atoms with Crippen molar-refractivity contribution in [3.8, 4) is 11.5 Å². The highest BCUT2D eigenvalue weighted by atomic mass is 35.5. The van der Waals surface area contributed by atoms with Crippen LogP contribution in [-0.2, 0) is 0 Å². The fourth-order valence-electron chi connectivity index (χ4n) is 3.67. The topological polar surface area (TPSA) is 32.8 Å². The van der Waals surface area contributed by atoms with Gasteiger partial charge < -0.3 is 14.5 Å². The number of hydrogen-bond acceptors (Lipinski definition) is 4. The third-order valence-corrected chi connectivity index (χ3v) is 6.25. The van der Waals surface area contributed by atoms with Gasteiger partial charge in [0.2, 0.25) is 0 Å². The molecule has 142 valence electrons. The number of nitrogens with zero attached hydrogens (tertiary/aromatic N) is 2. The van der Waals surface area contributed by atoms with Crippen molar-refractivity contribution in [2.45, 2.75) is 18.9 Å². The van der Waals surface area contributed by atoms with Gasteiger partial charge >= 0.3 is 0 Å². The molecule has 1 aromatic heterocycles. The van der Waals surface area contributed by atoms with Crippen molar-refractivity contribution in [2.24, 2.45) is 0 Å². The van der Waals surface area contributed by atoms with Crippen molar-refractivity contribution < 1.29 is 9.53 Å². The summed E-state index contributed by atoms with van der Waals surface area (Å²) in [6.07, 6.45) is 2.48. The van der Waals surface area contributed by atoms with E-state index in [2.05, 4.69) is 11.0 Å². The van der Waals surface area contributed by atoms with Crippen molar-refractivity contribution in [1.82, 2.24) is 0 Å². The van der Waals surface area contributed by atoms with Crippen LogP contribution in [0.1, 0.15) is 22.5 Å². The van der Waals surface area contributed by atoms with Crippen LogP contribution < -0.4 is 14.5 Å². The summed E-state index contributed by atoms with van der Waals surface area (Å²) >= 11 is 7.46. The second-order valence-corrected chi connectivity index (χ2v) is 8.40. The van der Waals surface area contributed by atoms with Gasteiger partial charge in [-0.3, -0.25) is 4.79 Å². The van der Waals surface area contributed by atoms with Crippen LogP contribution in [0.2, 0.25) is 5.02 Å². The van der Waals surface area contributed by atoms with Crippen LogP contribution in [0.15, 0.2) is 60.0 Å². The quantitative estimate of drug-likeness (QED) is 0.543. The number of anilines is 2. The molecule has 1 fully saturated rings. The Morgan fingerprint density at radius 3 is 2.64 bits per heavy atom. The van der Waals surface area contributed by atoms with E-state index in [0.717, 1.165) is 17.9 Å². The van der Waals surface area contributed by atoms with Gasteiger partial charge in [-0.15, -0.1) is 11.3 Å². The van der Waals surface area contributed by atoms with E-state index in [-0.39, 0.29) is 5.91 Å². The minimum absolute atomic E-state index is 0.0186. The molecule has 0 saturated heterocycles. The lowest BCUT2D eigenvalue weighted by molar-refractivity contribution is 0.0988. The summed E-state index contributed by atoms with van der Waals surface area (Å²) < 4.78 is 5.97. The highest BCUT2D eigenvalue weighted by Gasteiger charge is 2.36. The lowest BCUT2D eigenvalue weighted by atomic mass is 10.1. The van der Waals surface area contributed by atoms with E-state index in [1.165, 1.54) is 24.2 Å². The Balaban J connectivity index is 1.44. The molecule has 28 heavy (non-hydrogen) atoms. The summed E-state index contributed by atoms with van der Waals surface area (Å²) in [6.45, 7) is 1.55. The first-order valence-electron chi connectivity index (χ1n) is 9.39. The van der Waals surface area contributed by atoms with Crippen LogP contribution in [0.25, 0.3) is 0 Å². The summed E-state index contributed by atoms with van der Waals surface area (Å²) in [7, 11) is 0. The van der Waals surface area contributed by atoms with Crippen LogP contribution in [0.4, 0.5) is 11.4 Å². The maximum Gasteiger partial charge on any atom is 0.272 e. The van der Waals surface area contributed by atoms with E-state index < -0.39 is 0 Å². The largest absolute Gasteiger partial charge is 0.456 e. The number of hydrogen-bond donors (Lipinski definition) is 0. The summed E-state index contributed by atoms with van der Waals surface area (Å²) in [5, 5.41) is 2.49. The molecule has 0 bridgehead atoms. The molecule has 0 radical (unpaired) electrons. The highest BCUT2D eigenvalue weighted by molar-refractivity contribution is 7.12. The summed E-state index contributed by atoms with van der Waals surface area (Å²) in [5.74, 6) is 1.17. The van der Waals surface area contributed by atoms with E-state index in [4.69, 9.17) is 16.3 Å². The second kappa shape index (κ2) is 7.15. The lowest BCUT2D eigenvalue weighted by Crippen LogP contribution is -2.44. The summed E-state index contributed by atoms with van der Waals surface area (Å²) in [5.41, 5.74) is 2.13. The van der Waals surface area contributed by atoms with E-state index in [9.17, 15) is 4.79 Å². The SMILES string of the molecule is O=C(c1sccc1Oc1cccc(Cl)c1)N1CCN(C2CC2)c2ccccc21. The van der Waals surface area contributed by atoms with Crippen LogP contribution in [-0.4, -0.2) is 25.0 Å². The second-order valence-electron chi connectivity index (χ2n) is 7.04. The Bertz CT molecular complexity index is 1030. The Hall–Kier alpha value is -2.50. The van der Waals surface area contributed by atoms with Crippen LogP contribution >= 0.6 is 22.9 Å². The zero-order chi connectivity index (χ0) is 19.1. The number of carbonyl (C=O) groups is 1. The standard InChI is InChI=1S/C22H19ClN2O2S/c23-15-4-3-5-17(14-15)27-20-10-13-28-21(20)22(26)25-12-11-24(16-8-9-16)18-6-1-2-7-19(18)25/h1-7,10,13-14,16H,8-9,11-12H2.